The van der Waals surface area contributed by atoms with Gasteiger partial charge < -0.3 is 15.4 Å². The SMILES string of the molecule is Cl.NC(C(=O)N1CCC(c2cccc3ccccc23)CC1)C1CCOCC1. The molecular weight excluding hydrogens is 360 g/mol. The summed E-state index contributed by atoms with van der Waals surface area (Å²) in [5, 5.41) is 2.64. The fraction of sp³-hybridized carbons (Fsp3) is 0.500. The van der Waals surface area contributed by atoms with Gasteiger partial charge >= 0.3 is 0 Å². The van der Waals surface area contributed by atoms with Crippen molar-refractivity contribution < 1.29 is 9.53 Å². The molecule has 2 aromatic rings. The van der Waals surface area contributed by atoms with Crippen molar-refractivity contribution in [3.63, 3.8) is 0 Å². The molecule has 27 heavy (non-hydrogen) atoms. The molecule has 146 valence electrons. The van der Waals surface area contributed by atoms with Crippen LogP contribution < -0.4 is 5.73 Å². The number of piperidine rings is 1. The minimum Gasteiger partial charge on any atom is -0.381 e. The maximum Gasteiger partial charge on any atom is 0.239 e. The molecule has 0 radical (unpaired) electrons. The summed E-state index contributed by atoms with van der Waals surface area (Å²) in [6.07, 6.45) is 3.83. The molecule has 4 nitrogen and oxygen atoms in total. The highest BCUT2D eigenvalue weighted by Gasteiger charge is 2.32. The molecule has 0 bridgehead atoms. The number of hydrogen-bond donors (Lipinski definition) is 1. The Balaban J connectivity index is 0.00000210. The number of carbonyl (C=O) groups is 1. The smallest absolute Gasteiger partial charge is 0.239 e. The first-order valence-corrected chi connectivity index (χ1v) is 9.84. The first-order valence-electron chi connectivity index (χ1n) is 9.84. The van der Waals surface area contributed by atoms with Crippen molar-refractivity contribution in [2.75, 3.05) is 26.3 Å². The van der Waals surface area contributed by atoms with Gasteiger partial charge in [-0.05, 0) is 53.9 Å². The van der Waals surface area contributed by atoms with E-state index in [1.807, 2.05) is 4.90 Å². The van der Waals surface area contributed by atoms with Gasteiger partial charge in [-0.2, -0.15) is 0 Å². The second-order valence-electron chi connectivity index (χ2n) is 7.64. The molecule has 2 saturated heterocycles. The summed E-state index contributed by atoms with van der Waals surface area (Å²) in [6.45, 7) is 3.08. The molecule has 2 heterocycles. The minimum absolute atomic E-state index is 0. The van der Waals surface area contributed by atoms with E-state index in [0.717, 1.165) is 52.0 Å². The average molecular weight is 389 g/mol. The third-order valence-electron chi connectivity index (χ3n) is 6.13. The number of rotatable bonds is 3. The predicted octanol–water partition coefficient (Wildman–Crippen LogP) is 3.72. The lowest BCUT2D eigenvalue weighted by Gasteiger charge is -2.36. The number of likely N-dealkylation sites (tertiary alicyclic amines) is 1. The van der Waals surface area contributed by atoms with E-state index in [9.17, 15) is 4.79 Å². The number of carbonyl (C=O) groups excluding carboxylic acids is 1. The van der Waals surface area contributed by atoms with E-state index in [1.165, 1.54) is 16.3 Å². The van der Waals surface area contributed by atoms with Crippen LogP contribution in [-0.4, -0.2) is 43.2 Å². The van der Waals surface area contributed by atoms with Crippen LogP contribution in [0.1, 0.15) is 37.2 Å². The molecule has 0 saturated carbocycles. The number of hydrogen-bond acceptors (Lipinski definition) is 3. The number of halogens is 1. The summed E-state index contributed by atoms with van der Waals surface area (Å²) >= 11 is 0. The number of benzene rings is 2. The summed E-state index contributed by atoms with van der Waals surface area (Å²) in [4.78, 5) is 14.8. The number of nitrogens with two attached hydrogens (primary N) is 1. The molecule has 1 amide bonds. The second kappa shape index (κ2) is 9.05. The Morgan fingerprint density at radius 1 is 1.00 bits per heavy atom. The van der Waals surface area contributed by atoms with E-state index in [0.29, 0.717) is 5.92 Å². The molecule has 1 unspecified atom stereocenters. The maximum absolute atomic E-state index is 12.8. The van der Waals surface area contributed by atoms with Gasteiger partial charge in [-0.1, -0.05) is 42.5 Å². The highest BCUT2D eigenvalue weighted by molar-refractivity contribution is 5.86. The topological polar surface area (TPSA) is 55.6 Å². The lowest BCUT2D eigenvalue weighted by atomic mass is 9.85. The van der Waals surface area contributed by atoms with Crippen LogP contribution in [0.25, 0.3) is 10.8 Å². The zero-order chi connectivity index (χ0) is 17.9. The monoisotopic (exact) mass is 388 g/mol. The van der Waals surface area contributed by atoms with Crippen LogP contribution in [-0.2, 0) is 9.53 Å². The van der Waals surface area contributed by atoms with Gasteiger partial charge in [0.2, 0.25) is 5.91 Å². The van der Waals surface area contributed by atoms with Crippen molar-refractivity contribution in [2.45, 2.75) is 37.6 Å². The number of ether oxygens (including phenoxy) is 1. The van der Waals surface area contributed by atoms with Gasteiger partial charge in [0, 0.05) is 26.3 Å². The first kappa shape index (κ1) is 20.1. The Bertz CT molecular complexity index is 763. The molecule has 2 aliphatic rings. The number of fused-ring (bicyclic) bond motifs is 1. The van der Waals surface area contributed by atoms with Gasteiger partial charge in [-0.3, -0.25) is 4.79 Å². The van der Waals surface area contributed by atoms with E-state index in [4.69, 9.17) is 10.5 Å². The van der Waals surface area contributed by atoms with Crippen LogP contribution in [0.3, 0.4) is 0 Å². The Morgan fingerprint density at radius 3 is 2.41 bits per heavy atom. The summed E-state index contributed by atoms with van der Waals surface area (Å²) in [5.74, 6) is 0.921. The fourth-order valence-electron chi connectivity index (χ4n) is 4.50. The maximum atomic E-state index is 12.8. The van der Waals surface area contributed by atoms with Crippen molar-refractivity contribution in [2.24, 2.45) is 11.7 Å². The zero-order valence-corrected chi connectivity index (χ0v) is 16.5. The first-order chi connectivity index (χ1) is 12.7. The van der Waals surface area contributed by atoms with Crippen LogP contribution in [0, 0.1) is 5.92 Å². The Morgan fingerprint density at radius 2 is 1.67 bits per heavy atom. The van der Waals surface area contributed by atoms with Crippen molar-refractivity contribution >= 4 is 29.1 Å². The van der Waals surface area contributed by atoms with Crippen LogP contribution in [0.15, 0.2) is 42.5 Å². The lowest BCUT2D eigenvalue weighted by molar-refractivity contribution is -0.135. The predicted molar refractivity (Wildman–Crippen MR) is 111 cm³/mol. The number of amides is 1. The lowest BCUT2D eigenvalue weighted by Crippen LogP contribution is -2.51. The third-order valence-corrected chi connectivity index (χ3v) is 6.13. The van der Waals surface area contributed by atoms with Gasteiger partial charge in [0.05, 0.1) is 6.04 Å². The van der Waals surface area contributed by atoms with E-state index in [-0.39, 0.29) is 30.3 Å². The molecular formula is C22H29ClN2O2. The van der Waals surface area contributed by atoms with Gasteiger partial charge in [0.15, 0.2) is 0 Å². The van der Waals surface area contributed by atoms with E-state index in [2.05, 4.69) is 42.5 Å². The highest BCUT2D eigenvalue weighted by atomic mass is 35.5. The van der Waals surface area contributed by atoms with Crippen molar-refractivity contribution in [3.05, 3.63) is 48.0 Å². The Labute approximate surface area is 167 Å². The largest absolute Gasteiger partial charge is 0.381 e. The average Bonchev–Trinajstić information content (AvgIpc) is 2.73. The van der Waals surface area contributed by atoms with Crippen molar-refractivity contribution in [1.29, 1.82) is 0 Å². The van der Waals surface area contributed by atoms with E-state index < -0.39 is 0 Å². The van der Waals surface area contributed by atoms with Gasteiger partial charge in [-0.25, -0.2) is 0 Å². The van der Waals surface area contributed by atoms with Crippen LogP contribution in [0.4, 0.5) is 0 Å². The summed E-state index contributed by atoms with van der Waals surface area (Å²) in [7, 11) is 0. The summed E-state index contributed by atoms with van der Waals surface area (Å²) in [5.41, 5.74) is 7.72. The molecule has 4 rings (SSSR count). The van der Waals surface area contributed by atoms with Crippen molar-refractivity contribution in [1.82, 2.24) is 4.90 Å². The zero-order valence-electron chi connectivity index (χ0n) is 15.7. The Kier molecular flexibility index (Phi) is 6.74. The van der Waals surface area contributed by atoms with Crippen molar-refractivity contribution in [3.8, 4) is 0 Å². The van der Waals surface area contributed by atoms with Crippen LogP contribution in [0.5, 0.6) is 0 Å². The minimum atomic E-state index is -0.368. The summed E-state index contributed by atoms with van der Waals surface area (Å²) in [6, 6.07) is 14.8. The van der Waals surface area contributed by atoms with Crippen LogP contribution in [0.2, 0.25) is 0 Å². The second-order valence-corrected chi connectivity index (χ2v) is 7.64. The molecule has 2 N–H and O–H groups in total. The van der Waals surface area contributed by atoms with Gasteiger partial charge in [0.1, 0.15) is 0 Å². The molecule has 0 aliphatic carbocycles. The standard InChI is InChI=1S/C22H28N2O2.ClH/c23-21(18-10-14-26-15-11-18)22(25)24-12-8-17(9-13-24)20-7-3-5-16-4-1-2-6-19(16)20;/h1-7,17-18,21H,8-15,23H2;1H. The molecule has 2 fully saturated rings. The Hall–Kier alpha value is -1.62. The molecule has 1 atom stereocenters. The summed E-state index contributed by atoms with van der Waals surface area (Å²) < 4.78 is 5.39. The van der Waals surface area contributed by atoms with Gasteiger partial charge in [-0.15, -0.1) is 12.4 Å². The molecule has 2 aliphatic heterocycles. The normalized spacial score (nSPS) is 20.3. The molecule has 5 heteroatoms. The molecule has 2 aromatic carbocycles. The third kappa shape index (κ3) is 4.29. The quantitative estimate of drug-likeness (QED) is 0.871. The van der Waals surface area contributed by atoms with E-state index in [1.54, 1.807) is 0 Å². The van der Waals surface area contributed by atoms with Crippen LogP contribution >= 0.6 is 12.4 Å². The molecule has 0 aromatic heterocycles. The highest BCUT2D eigenvalue weighted by Crippen LogP contribution is 2.33. The number of nitrogens with zero attached hydrogens (tertiary/aromatic N) is 1. The fourth-order valence-corrected chi connectivity index (χ4v) is 4.50. The van der Waals surface area contributed by atoms with E-state index >= 15 is 0 Å². The molecule has 0 spiro atoms. The van der Waals surface area contributed by atoms with Gasteiger partial charge in [0.25, 0.3) is 0 Å².